The van der Waals surface area contributed by atoms with Crippen molar-refractivity contribution in [2.75, 3.05) is 26.7 Å². The molecule has 4 rings (SSSR count). The molecule has 1 aliphatic rings. The summed E-state index contributed by atoms with van der Waals surface area (Å²) in [7, 11) is 1.74. The zero-order valence-corrected chi connectivity index (χ0v) is 15.7. The van der Waals surface area contributed by atoms with Crippen molar-refractivity contribution in [1.82, 2.24) is 15.2 Å². The Hall–Kier alpha value is -2.21. The third-order valence-electron chi connectivity index (χ3n) is 4.79. The third-order valence-corrected chi connectivity index (χ3v) is 5.73. The minimum Gasteiger partial charge on any atom is -0.496 e. The van der Waals surface area contributed by atoms with Gasteiger partial charge >= 0.3 is 0 Å². The van der Waals surface area contributed by atoms with Crippen LogP contribution in [0.1, 0.15) is 17.3 Å². The van der Waals surface area contributed by atoms with E-state index in [1.54, 1.807) is 18.4 Å². The number of benzene rings is 2. The fourth-order valence-electron chi connectivity index (χ4n) is 3.48. The molecule has 0 radical (unpaired) electrons. The van der Waals surface area contributed by atoms with E-state index in [9.17, 15) is 0 Å². The van der Waals surface area contributed by atoms with Crippen LogP contribution in [0.3, 0.4) is 0 Å². The number of para-hydroxylation sites is 1. The second-order valence-corrected chi connectivity index (χ2v) is 7.30. The highest BCUT2D eigenvalue weighted by atomic mass is 32.1. The van der Waals surface area contributed by atoms with E-state index < -0.39 is 0 Å². The number of methoxy groups -OCH3 is 1. The Morgan fingerprint density at radius 1 is 1.15 bits per heavy atom. The number of piperazine rings is 1. The summed E-state index contributed by atoms with van der Waals surface area (Å²) < 4.78 is 5.59. The quantitative estimate of drug-likeness (QED) is 0.742. The Bertz CT molecular complexity index is 849. The maximum Gasteiger partial charge on any atom is 0.123 e. The zero-order valence-electron chi connectivity index (χ0n) is 14.9. The monoisotopic (exact) mass is 365 g/mol. The van der Waals surface area contributed by atoms with Crippen molar-refractivity contribution in [3.8, 4) is 16.3 Å². The zero-order chi connectivity index (χ0) is 17.8. The van der Waals surface area contributed by atoms with E-state index >= 15 is 0 Å². The number of aromatic nitrogens is 1. The van der Waals surface area contributed by atoms with E-state index in [1.165, 1.54) is 11.1 Å². The first kappa shape index (κ1) is 17.2. The van der Waals surface area contributed by atoms with Crippen molar-refractivity contribution in [1.29, 1.82) is 0 Å². The second kappa shape index (κ2) is 7.99. The van der Waals surface area contributed by atoms with Gasteiger partial charge in [0.1, 0.15) is 10.8 Å². The number of thiazole rings is 1. The minimum absolute atomic E-state index is 0.293. The lowest BCUT2D eigenvalue weighted by molar-refractivity contribution is 0.149. The lowest BCUT2D eigenvalue weighted by Crippen LogP contribution is -2.45. The Kier molecular flexibility index (Phi) is 5.29. The average molecular weight is 366 g/mol. The van der Waals surface area contributed by atoms with E-state index in [1.807, 2.05) is 18.2 Å². The Balaban J connectivity index is 1.55. The summed E-state index contributed by atoms with van der Waals surface area (Å²) >= 11 is 1.72. The molecule has 0 saturated carbocycles. The van der Waals surface area contributed by atoms with Gasteiger partial charge in [-0.3, -0.25) is 4.90 Å². The van der Waals surface area contributed by atoms with Crippen molar-refractivity contribution in [3.05, 3.63) is 71.2 Å². The van der Waals surface area contributed by atoms with Crippen molar-refractivity contribution in [2.45, 2.75) is 12.6 Å². The van der Waals surface area contributed by atoms with Crippen LogP contribution in [0.2, 0.25) is 0 Å². The summed E-state index contributed by atoms with van der Waals surface area (Å²) in [5.41, 5.74) is 3.56. The number of rotatable bonds is 5. The highest BCUT2D eigenvalue weighted by Crippen LogP contribution is 2.32. The molecule has 26 heavy (non-hydrogen) atoms. The summed E-state index contributed by atoms with van der Waals surface area (Å²) in [6, 6.07) is 19.0. The molecule has 134 valence electrons. The SMILES string of the molecule is COc1ccccc1C1CNCCN1Cc1csc(-c2ccccc2)n1. The van der Waals surface area contributed by atoms with Crippen molar-refractivity contribution < 1.29 is 4.74 Å². The average Bonchev–Trinajstić information content (AvgIpc) is 3.18. The van der Waals surface area contributed by atoms with Crippen LogP contribution < -0.4 is 10.1 Å². The highest BCUT2D eigenvalue weighted by molar-refractivity contribution is 7.13. The van der Waals surface area contributed by atoms with Crippen LogP contribution in [-0.2, 0) is 6.54 Å². The van der Waals surface area contributed by atoms with Gasteiger partial charge in [0, 0.05) is 42.7 Å². The first-order valence-corrected chi connectivity index (χ1v) is 9.80. The van der Waals surface area contributed by atoms with Crippen molar-refractivity contribution >= 4 is 11.3 Å². The first-order valence-electron chi connectivity index (χ1n) is 8.92. The fourth-order valence-corrected chi connectivity index (χ4v) is 4.30. The smallest absolute Gasteiger partial charge is 0.123 e. The fraction of sp³-hybridized carbons (Fsp3) is 0.286. The van der Waals surface area contributed by atoms with Crippen LogP contribution in [0.15, 0.2) is 60.0 Å². The molecule has 5 heteroatoms. The van der Waals surface area contributed by atoms with E-state index in [0.717, 1.165) is 42.6 Å². The topological polar surface area (TPSA) is 37.4 Å². The van der Waals surface area contributed by atoms with Crippen LogP contribution in [0.5, 0.6) is 5.75 Å². The largest absolute Gasteiger partial charge is 0.496 e. The van der Waals surface area contributed by atoms with Crippen LogP contribution in [0.25, 0.3) is 10.6 Å². The summed E-state index contributed by atoms with van der Waals surface area (Å²) in [5, 5.41) is 6.79. The second-order valence-electron chi connectivity index (χ2n) is 6.44. The molecule has 1 aliphatic heterocycles. The molecule has 2 aromatic carbocycles. The lowest BCUT2D eigenvalue weighted by atomic mass is 10.0. The molecule has 1 atom stereocenters. The van der Waals surface area contributed by atoms with Gasteiger partial charge in [0.05, 0.1) is 18.8 Å². The minimum atomic E-state index is 0.293. The molecule has 1 N–H and O–H groups in total. The number of ether oxygens (including phenoxy) is 1. The van der Waals surface area contributed by atoms with Gasteiger partial charge in [-0.05, 0) is 6.07 Å². The van der Waals surface area contributed by atoms with E-state index in [-0.39, 0.29) is 0 Å². The molecule has 1 unspecified atom stereocenters. The van der Waals surface area contributed by atoms with Gasteiger partial charge in [0.2, 0.25) is 0 Å². The predicted octanol–water partition coefficient (Wildman–Crippen LogP) is 3.97. The lowest BCUT2D eigenvalue weighted by Gasteiger charge is -2.36. The van der Waals surface area contributed by atoms with Crippen LogP contribution >= 0.6 is 11.3 Å². The van der Waals surface area contributed by atoms with Crippen LogP contribution in [0, 0.1) is 0 Å². The molecular formula is C21H23N3OS. The number of hydrogen-bond donors (Lipinski definition) is 1. The molecule has 2 heterocycles. The normalized spacial score (nSPS) is 18.0. The van der Waals surface area contributed by atoms with Gasteiger partial charge in [-0.1, -0.05) is 48.5 Å². The summed E-state index contributed by atoms with van der Waals surface area (Å²) in [4.78, 5) is 7.37. The standard InChI is InChI=1S/C21H23N3OS/c1-25-20-10-6-5-9-18(20)19-13-22-11-12-24(19)14-17-15-26-21(23-17)16-7-3-2-4-8-16/h2-10,15,19,22H,11-14H2,1H3. The summed E-state index contributed by atoms with van der Waals surface area (Å²) in [5.74, 6) is 0.953. The highest BCUT2D eigenvalue weighted by Gasteiger charge is 2.26. The first-order chi connectivity index (χ1) is 12.8. The Morgan fingerprint density at radius 3 is 2.81 bits per heavy atom. The molecule has 4 nitrogen and oxygen atoms in total. The van der Waals surface area contributed by atoms with Crippen molar-refractivity contribution in [2.24, 2.45) is 0 Å². The van der Waals surface area contributed by atoms with Gasteiger partial charge < -0.3 is 10.1 Å². The van der Waals surface area contributed by atoms with E-state index in [2.05, 4.69) is 52.0 Å². The molecule has 0 spiro atoms. The van der Waals surface area contributed by atoms with Crippen LogP contribution in [-0.4, -0.2) is 36.6 Å². The van der Waals surface area contributed by atoms with Gasteiger partial charge in [-0.15, -0.1) is 11.3 Å². The van der Waals surface area contributed by atoms with Gasteiger partial charge in [-0.2, -0.15) is 0 Å². The Morgan fingerprint density at radius 2 is 1.96 bits per heavy atom. The maximum absolute atomic E-state index is 5.59. The van der Waals surface area contributed by atoms with Crippen LogP contribution in [0.4, 0.5) is 0 Å². The molecule has 1 saturated heterocycles. The third kappa shape index (κ3) is 3.65. The molecule has 0 aliphatic carbocycles. The van der Waals surface area contributed by atoms with Gasteiger partial charge in [0.15, 0.2) is 0 Å². The van der Waals surface area contributed by atoms with Gasteiger partial charge in [0.25, 0.3) is 0 Å². The number of nitrogens with one attached hydrogen (secondary N) is 1. The Labute approximate surface area is 158 Å². The summed E-state index contributed by atoms with van der Waals surface area (Å²) in [6.45, 7) is 3.78. The predicted molar refractivity (Wildman–Crippen MR) is 107 cm³/mol. The molecular weight excluding hydrogens is 342 g/mol. The van der Waals surface area contributed by atoms with Crippen molar-refractivity contribution in [3.63, 3.8) is 0 Å². The maximum atomic E-state index is 5.59. The molecule has 0 amide bonds. The molecule has 0 bridgehead atoms. The van der Waals surface area contributed by atoms with Gasteiger partial charge in [-0.25, -0.2) is 4.98 Å². The molecule has 3 aromatic rings. The number of nitrogens with zero attached hydrogens (tertiary/aromatic N) is 2. The summed E-state index contributed by atoms with van der Waals surface area (Å²) in [6.07, 6.45) is 0. The van der Waals surface area contributed by atoms with E-state index in [0.29, 0.717) is 6.04 Å². The van der Waals surface area contributed by atoms with E-state index in [4.69, 9.17) is 9.72 Å². The molecule has 1 fully saturated rings. The molecule has 1 aromatic heterocycles. The number of hydrogen-bond acceptors (Lipinski definition) is 5.